The zero-order valence-corrected chi connectivity index (χ0v) is 10.6. The molecule has 3 aliphatic rings. The molecule has 4 heteroatoms. The van der Waals surface area contributed by atoms with Gasteiger partial charge in [0.1, 0.15) is 0 Å². The van der Waals surface area contributed by atoms with Crippen molar-refractivity contribution in [3.63, 3.8) is 0 Å². The summed E-state index contributed by atoms with van der Waals surface area (Å²) in [7, 11) is 0. The van der Waals surface area contributed by atoms with E-state index in [4.69, 9.17) is 5.11 Å². The zero-order chi connectivity index (χ0) is 13.5. The number of pyridine rings is 1. The third kappa shape index (κ3) is 2.16. The molecule has 1 aromatic rings. The average Bonchev–Trinajstić information content (AvgIpc) is 2.39. The summed E-state index contributed by atoms with van der Waals surface area (Å²) in [6.45, 7) is 0. The summed E-state index contributed by atoms with van der Waals surface area (Å²) in [4.78, 5) is 15.0. The Balaban J connectivity index is 1.92. The summed E-state index contributed by atoms with van der Waals surface area (Å²) in [6.07, 6.45) is 7.92. The lowest BCUT2D eigenvalue weighted by Crippen LogP contribution is -2.47. The molecule has 3 aliphatic carbocycles. The fourth-order valence-electron chi connectivity index (χ4n) is 3.52. The molecular weight excluding hydrogens is 242 g/mol. The van der Waals surface area contributed by atoms with Crippen molar-refractivity contribution in [1.29, 1.82) is 0 Å². The maximum Gasteiger partial charge on any atom is 0.306 e. The fraction of sp³-hybridized carbons (Fsp3) is 0.467. The van der Waals surface area contributed by atoms with Crippen LogP contribution in [0.2, 0.25) is 0 Å². The number of hydrogen-bond donors (Lipinski definition) is 2. The summed E-state index contributed by atoms with van der Waals surface area (Å²) < 4.78 is 0. The number of aromatic nitrogens is 1. The van der Waals surface area contributed by atoms with E-state index < -0.39 is 11.6 Å². The van der Waals surface area contributed by atoms with Crippen LogP contribution < -0.4 is 0 Å². The Morgan fingerprint density at radius 2 is 2.32 bits per heavy atom. The van der Waals surface area contributed by atoms with Gasteiger partial charge in [-0.25, -0.2) is 0 Å². The molecule has 0 spiro atoms. The Morgan fingerprint density at radius 1 is 1.47 bits per heavy atom. The normalized spacial score (nSPS) is 33.0. The first-order valence-corrected chi connectivity index (χ1v) is 6.65. The predicted molar refractivity (Wildman–Crippen MR) is 70.2 cm³/mol. The van der Waals surface area contributed by atoms with Crippen LogP contribution in [0.25, 0.3) is 5.57 Å². The van der Waals surface area contributed by atoms with Gasteiger partial charge < -0.3 is 10.2 Å². The van der Waals surface area contributed by atoms with Crippen molar-refractivity contribution in [2.24, 2.45) is 11.8 Å². The van der Waals surface area contributed by atoms with Crippen LogP contribution in [0.15, 0.2) is 30.6 Å². The molecule has 1 saturated carbocycles. The Labute approximate surface area is 111 Å². The van der Waals surface area contributed by atoms with Crippen molar-refractivity contribution < 1.29 is 15.0 Å². The molecule has 4 nitrogen and oxygen atoms in total. The van der Waals surface area contributed by atoms with Crippen molar-refractivity contribution in [3.8, 4) is 0 Å². The smallest absolute Gasteiger partial charge is 0.306 e. The van der Waals surface area contributed by atoms with Gasteiger partial charge >= 0.3 is 5.97 Å². The standard InChI is InChI=1S/C15H17NO3/c17-14(18)8-15(19)7-10-3-4-12(15)6-13(10)11-2-1-5-16-9-11/h1-2,5-6,9-10,12,19H,3-4,7-8H2,(H,17,18). The van der Waals surface area contributed by atoms with Gasteiger partial charge in [0.15, 0.2) is 0 Å². The van der Waals surface area contributed by atoms with E-state index in [9.17, 15) is 9.90 Å². The van der Waals surface area contributed by atoms with Gasteiger partial charge in [-0.3, -0.25) is 9.78 Å². The third-order valence-corrected chi connectivity index (χ3v) is 4.39. The summed E-state index contributed by atoms with van der Waals surface area (Å²) in [5.74, 6) is -0.728. The monoisotopic (exact) mass is 259 g/mol. The average molecular weight is 259 g/mol. The molecule has 0 radical (unpaired) electrons. The second-order valence-corrected chi connectivity index (χ2v) is 5.62. The Hall–Kier alpha value is -1.68. The molecule has 3 unspecified atom stereocenters. The molecule has 2 bridgehead atoms. The molecule has 0 aromatic carbocycles. The number of carbonyl (C=O) groups is 1. The van der Waals surface area contributed by atoms with E-state index in [1.807, 2.05) is 18.3 Å². The van der Waals surface area contributed by atoms with Gasteiger partial charge in [-0.15, -0.1) is 0 Å². The predicted octanol–water partition coefficient (Wildman–Crippen LogP) is 2.10. The van der Waals surface area contributed by atoms with E-state index in [2.05, 4.69) is 11.1 Å². The lowest BCUT2D eigenvalue weighted by molar-refractivity contribution is -0.147. The van der Waals surface area contributed by atoms with Gasteiger partial charge in [-0.2, -0.15) is 0 Å². The van der Waals surface area contributed by atoms with Crippen LogP contribution in [-0.4, -0.2) is 26.8 Å². The molecule has 3 atom stereocenters. The number of aliphatic carboxylic acids is 1. The van der Waals surface area contributed by atoms with Crippen molar-refractivity contribution >= 4 is 11.5 Å². The van der Waals surface area contributed by atoms with Gasteiger partial charge in [0, 0.05) is 18.3 Å². The van der Waals surface area contributed by atoms with Crippen LogP contribution in [0, 0.1) is 11.8 Å². The molecule has 100 valence electrons. The topological polar surface area (TPSA) is 70.4 Å². The van der Waals surface area contributed by atoms with Gasteiger partial charge in [0.25, 0.3) is 0 Å². The molecule has 2 N–H and O–H groups in total. The van der Waals surface area contributed by atoms with Crippen LogP contribution in [-0.2, 0) is 4.79 Å². The van der Waals surface area contributed by atoms with Crippen LogP contribution in [0.4, 0.5) is 0 Å². The first kappa shape index (κ1) is 12.4. The van der Waals surface area contributed by atoms with E-state index in [1.54, 1.807) is 6.20 Å². The van der Waals surface area contributed by atoms with Crippen LogP contribution in [0.5, 0.6) is 0 Å². The first-order valence-electron chi connectivity index (χ1n) is 6.65. The summed E-state index contributed by atoms with van der Waals surface area (Å²) in [6, 6.07) is 3.93. The Bertz CT molecular complexity index is 525. The molecule has 4 rings (SSSR count). The minimum Gasteiger partial charge on any atom is -0.481 e. The maximum absolute atomic E-state index is 10.9. The summed E-state index contributed by atoms with van der Waals surface area (Å²) in [5.41, 5.74) is 1.24. The highest BCUT2D eigenvalue weighted by molar-refractivity contribution is 5.72. The number of allylic oxidation sites excluding steroid dienone is 1. The van der Waals surface area contributed by atoms with E-state index in [0.717, 1.165) is 18.4 Å². The molecule has 19 heavy (non-hydrogen) atoms. The fourth-order valence-corrected chi connectivity index (χ4v) is 3.52. The number of fused-ring (bicyclic) bond motifs is 2. The number of nitrogens with zero attached hydrogens (tertiary/aromatic N) is 1. The molecule has 0 aliphatic heterocycles. The zero-order valence-electron chi connectivity index (χ0n) is 10.6. The molecule has 1 heterocycles. The molecule has 1 fully saturated rings. The van der Waals surface area contributed by atoms with Crippen molar-refractivity contribution in [2.45, 2.75) is 31.3 Å². The van der Waals surface area contributed by atoms with Crippen molar-refractivity contribution in [2.75, 3.05) is 0 Å². The van der Waals surface area contributed by atoms with Crippen LogP contribution in [0.3, 0.4) is 0 Å². The minimum atomic E-state index is -1.07. The molecule has 0 amide bonds. The van der Waals surface area contributed by atoms with E-state index in [1.165, 1.54) is 5.57 Å². The largest absolute Gasteiger partial charge is 0.481 e. The molecular formula is C15H17NO3. The second-order valence-electron chi connectivity index (χ2n) is 5.62. The van der Waals surface area contributed by atoms with Crippen molar-refractivity contribution in [1.82, 2.24) is 4.98 Å². The third-order valence-electron chi connectivity index (χ3n) is 4.39. The second kappa shape index (κ2) is 4.46. The number of carboxylic acids is 1. The summed E-state index contributed by atoms with van der Waals surface area (Å²) >= 11 is 0. The highest BCUT2D eigenvalue weighted by atomic mass is 16.4. The van der Waals surface area contributed by atoms with E-state index >= 15 is 0 Å². The number of hydrogen-bond acceptors (Lipinski definition) is 3. The lowest BCUT2D eigenvalue weighted by Gasteiger charge is -2.47. The van der Waals surface area contributed by atoms with E-state index in [0.29, 0.717) is 6.42 Å². The summed E-state index contributed by atoms with van der Waals surface area (Å²) in [5, 5.41) is 19.5. The number of carboxylic acid groups (broad SMARTS) is 1. The number of rotatable bonds is 3. The van der Waals surface area contributed by atoms with E-state index in [-0.39, 0.29) is 18.3 Å². The van der Waals surface area contributed by atoms with Crippen LogP contribution in [0.1, 0.15) is 31.2 Å². The minimum absolute atomic E-state index is 0.0520. The van der Waals surface area contributed by atoms with Gasteiger partial charge in [0.05, 0.1) is 12.0 Å². The first-order chi connectivity index (χ1) is 9.08. The highest BCUT2D eigenvalue weighted by Gasteiger charge is 2.47. The maximum atomic E-state index is 10.9. The lowest BCUT2D eigenvalue weighted by atomic mass is 9.61. The highest BCUT2D eigenvalue weighted by Crippen LogP contribution is 2.50. The molecule has 0 saturated heterocycles. The van der Waals surface area contributed by atoms with Crippen molar-refractivity contribution in [3.05, 3.63) is 36.2 Å². The SMILES string of the molecule is O=C(O)CC1(O)CC2CCC1C=C2c1cccnc1. The molecule has 1 aromatic heterocycles. The number of aliphatic hydroxyl groups is 1. The van der Waals surface area contributed by atoms with Crippen LogP contribution >= 0.6 is 0 Å². The Morgan fingerprint density at radius 3 is 2.89 bits per heavy atom. The van der Waals surface area contributed by atoms with Gasteiger partial charge in [-0.1, -0.05) is 12.1 Å². The quantitative estimate of drug-likeness (QED) is 0.872. The van der Waals surface area contributed by atoms with Gasteiger partial charge in [0.2, 0.25) is 0 Å². The Kier molecular flexibility index (Phi) is 2.90. The van der Waals surface area contributed by atoms with Gasteiger partial charge in [-0.05, 0) is 42.4 Å².